The molecule has 11 rings (SSSR count). The van der Waals surface area contributed by atoms with E-state index in [1.165, 1.54) is 60.0 Å². The van der Waals surface area contributed by atoms with Gasteiger partial charge >= 0.3 is 0 Å². The van der Waals surface area contributed by atoms with Gasteiger partial charge in [0.05, 0.1) is 22.4 Å². The molecule has 0 unspecified atom stereocenters. The van der Waals surface area contributed by atoms with Crippen LogP contribution in [0.15, 0.2) is 212 Å². The molecular formula is C54H35N3. The van der Waals surface area contributed by atoms with E-state index in [4.69, 9.17) is 9.97 Å². The van der Waals surface area contributed by atoms with Crippen LogP contribution in [-0.2, 0) is 0 Å². The number of benzene rings is 9. The van der Waals surface area contributed by atoms with Crippen LogP contribution in [0.3, 0.4) is 0 Å². The minimum absolute atomic E-state index is 0.707. The molecule has 266 valence electrons. The van der Waals surface area contributed by atoms with E-state index < -0.39 is 0 Å². The first-order chi connectivity index (χ1) is 28.3. The van der Waals surface area contributed by atoms with Crippen molar-refractivity contribution in [3.8, 4) is 61.8 Å². The summed E-state index contributed by atoms with van der Waals surface area (Å²) < 4.78 is 2.43. The fourth-order valence-corrected chi connectivity index (χ4v) is 8.53. The molecule has 3 nitrogen and oxygen atoms in total. The predicted octanol–water partition coefficient (Wildman–Crippen LogP) is 14.2. The molecule has 3 heteroatoms. The summed E-state index contributed by atoms with van der Waals surface area (Å²) in [4.78, 5) is 10.2. The highest BCUT2D eigenvalue weighted by Crippen LogP contribution is 2.44. The van der Waals surface area contributed by atoms with Crippen molar-refractivity contribution < 1.29 is 0 Å². The molecule has 2 heterocycles. The third kappa shape index (κ3) is 5.68. The molecular weight excluding hydrogens is 691 g/mol. The second-order valence-electron chi connectivity index (χ2n) is 14.6. The standard InChI is InChI=1S/C54H35N3/c1-5-17-36(18-6-1)45-32-40-23-13-14-28-43(40)47-34-52-48(33-46(45)47)53-44(29-16-30-51(53)57(52)42-26-11-4-12-27-42)39-24-15-25-41(31-39)50-35-49(37-19-7-2-8-20-37)55-54(56-50)38-21-9-3-10-22-38/h1-35H. The summed E-state index contributed by atoms with van der Waals surface area (Å²) in [5.41, 5.74) is 13.1. The van der Waals surface area contributed by atoms with Gasteiger partial charge in [0.1, 0.15) is 0 Å². The highest BCUT2D eigenvalue weighted by molar-refractivity contribution is 6.23. The minimum Gasteiger partial charge on any atom is -0.309 e. The smallest absolute Gasteiger partial charge is 0.160 e. The first kappa shape index (κ1) is 32.8. The van der Waals surface area contributed by atoms with Crippen molar-refractivity contribution in [1.82, 2.24) is 14.5 Å². The lowest BCUT2D eigenvalue weighted by Crippen LogP contribution is -1.96. The minimum atomic E-state index is 0.707. The Balaban J connectivity index is 1.18. The molecule has 0 aliphatic heterocycles. The molecule has 0 aliphatic carbocycles. The van der Waals surface area contributed by atoms with E-state index in [1.54, 1.807) is 0 Å². The number of aromatic nitrogens is 3. The third-order valence-electron chi connectivity index (χ3n) is 11.2. The maximum absolute atomic E-state index is 5.17. The Kier molecular flexibility index (Phi) is 7.82. The van der Waals surface area contributed by atoms with E-state index in [0.29, 0.717) is 5.82 Å². The Morgan fingerprint density at radius 2 is 0.912 bits per heavy atom. The van der Waals surface area contributed by atoms with Gasteiger partial charge in [-0.2, -0.15) is 0 Å². The van der Waals surface area contributed by atoms with Gasteiger partial charge in [-0.05, 0) is 92.3 Å². The molecule has 0 aliphatic rings. The average molecular weight is 726 g/mol. The van der Waals surface area contributed by atoms with E-state index >= 15 is 0 Å². The number of hydrogen-bond acceptors (Lipinski definition) is 2. The van der Waals surface area contributed by atoms with Crippen LogP contribution in [0.4, 0.5) is 0 Å². The van der Waals surface area contributed by atoms with E-state index in [-0.39, 0.29) is 0 Å². The van der Waals surface area contributed by atoms with Crippen LogP contribution in [0.1, 0.15) is 0 Å². The van der Waals surface area contributed by atoms with Crippen molar-refractivity contribution in [1.29, 1.82) is 0 Å². The van der Waals surface area contributed by atoms with E-state index in [0.717, 1.165) is 39.3 Å². The van der Waals surface area contributed by atoms with Gasteiger partial charge < -0.3 is 4.57 Å². The summed E-state index contributed by atoms with van der Waals surface area (Å²) in [6.07, 6.45) is 0. The zero-order valence-corrected chi connectivity index (χ0v) is 31.0. The Morgan fingerprint density at radius 3 is 1.67 bits per heavy atom. The summed E-state index contributed by atoms with van der Waals surface area (Å²) in [5, 5.41) is 7.41. The van der Waals surface area contributed by atoms with E-state index in [1.807, 2.05) is 24.3 Å². The summed E-state index contributed by atoms with van der Waals surface area (Å²) in [6.45, 7) is 0. The Labute approximate surface area is 330 Å². The predicted molar refractivity (Wildman–Crippen MR) is 239 cm³/mol. The lowest BCUT2D eigenvalue weighted by atomic mass is 9.91. The molecule has 0 atom stereocenters. The monoisotopic (exact) mass is 725 g/mol. The summed E-state index contributed by atoms with van der Waals surface area (Å²) >= 11 is 0. The molecule has 0 N–H and O–H groups in total. The lowest BCUT2D eigenvalue weighted by Gasteiger charge is -2.13. The average Bonchev–Trinajstić information content (AvgIpc) is 3.62. The number of para-hydroxylation sites is 1. The Morgan fingerprint density at radius 1 is 0.316 bits per heavy atom. The van der Waals surface area contributed by atoms with Crippen molar-refractivity contribution in [3.05, 3.63) is 212 Å². The van der Waals surface area contributed by atoms with Crippen molar-refractivity contribution in [2.75, 3.05) is 0 Å². The van der Waals surface area contributed by atoms with Gasteiger partial charge in [0.15, 0.2) is 5.82 Å². The first-order valence-corrected chi connectivity index (χ1v) is 19.4. The molecule has 0 fully saturated rings. The van der Waals surface area contributed by atoms with Gasteiger partial charge in [0.2, 0.25) is 0 Å². The molecule has 9 aromatic carbocycles. The van der Waals surface area contributed by atoms with Crippen molar-refractivity contribution >= 4 is 43.4 Å². The second-order valence-corrected chi connectivity index (χ2v) is 14.6. The van der Waals surface area contributed by atoms with Crippen LogP contribution >= 0.6 is 0 Å². The van der Waals surface area contributed by atoms with Gasteiger partial charge in [0, 0.05) is 33.2 Å². The van der Waals surface area contributed by atoms with Gasteiger partial charge in [-0.1, -0.05) is 164 Å². The normalized spacial score (nSPS) is 11.5. The molecule has 0 amide bonds. The van der Waals surface area contributed by atoms with Crippen molar-refractivity contribution in [3.63, 3.8) is 0 Å². The van der Waals surface area contributed by atoms with E-state index in [2.05, 4.69) is 193 Å². The molecule has 0 spiro atoms. The lowest BCUT2D eigenvalue weighted by molar-refractivity contribution is 1.18. The topological polar surface area (TPSA) is 30.7 Å². The molecule has 0 saturated carbocycles. The van der Waals surface area contributed by atoms with Crippen LogP contribution in [0.5, 0.6) is 0 Å². The first-order valence-electron chi connectivity index (χ1n) is 19.4. The summed E-state index contributed by atoms with van der Waals surface area (Å²) in [5.74, 6) is 0.707. The number of rotatable bonds is 6. The maximum atomic E-state index is 5.17. The van der Waals surface area contributed by atoms with Crippen LogP contribution in [0, 0.1) is 0 Å². The Bertz CT molecular complexity index is 3200. The fourth-order valence-electron chi connectivity index (χ4n) is 8.53. The molecule has 0 radical (unpaired) electrons. The van der Waals surface area contributed by atoms with Gasteiger partial charge in [-0.25, -0.2) is 9.97 Å². The molecule has 2 aromatic heterocycles. The van der Waals surface area contributed by atoms with Gasteiger partial charge in [-0.15, -0.1) is 0 Å². The third-order valence-corrected chi connectivity index (χ3v) is 11.2. The van der Waals surface area contributed by atoms with Crippen LogP contribution in [0.2, 0.25) is 0 Å². The van der Waals surface area contributed by atoms with Gasteiger partial charge in [0.25, 0.3) is 0 Å². The number of hydrogen-bond donors (Lipinski definition) is 0. The molecule has 57 heavy (non-hydrogen) atoms. The Hall–Kier alpha value is -7.62. The quantitative estimate of drug-likeness (QED) is 0.160. The van der Waals surface area contributed by atoms with Crippen LogP contribution in [-0.4, -0.2) is 14.5 Å². The van der Waals surface area contributed by atoms with Crippen molar-refractivity contribution in [2.24, 2.45) is 0 Å². The molecule has 0 saturated heterocycles. The zero-order chi connectivity index (χ0) is 37.7. The fraction of sp³-hybridized carbons (Fsp3) is 0. The largest absolute Gasteiger partial charge is 0.309 e. The number of nitrogens with zero attached hydrogens (tertiary/aromatic N) is 3. The second kappa shape index (κ2) is 13.6. The molecule has 11 aromatic rings. The maximum Gasteiger partial charge on any atom is 0.160 e. The SMILES string of the molecule is c1ccc(-c2cc(-c3cccc(-c4cccc5c4c4cc6c(-c7ccccc7)cc7ccccc7c6cc4n5-c4ccccc4)c3)nc(-c3ccccc3)n2)cc1. The van der Waals surface area contributed by atoms with E-state index in [9.17, 15) is 0 Å². The van der Waals surface area contributed by atoms with Gasteiger partial charge in [-0.3, -0.25) is 0 Å². The van der Waals surface area contributed by atoms with Crippen LogP contribution in [0.25, 0.3) is 105 Å². The zero-order valence-electron chi connectivity index (χ0n) is 31.0. The summed E-state index contributed by atoms with van der Waals surface area (Å²) in [6, 6.07) is 75.8. The van der Waals surface area contributed by atoms with Crippen molar-refractivity contribution in [2.45, 2.75) is 0 Å². The highest BCUT2D eigenvalue weighted by Gasteiger charge is 2.20. The summed E-state index contributed by atoms with van der Waals surface area (Å²) in [7, 11) is 0. The number of fused-ring (bicyclic) bond motifs is 6. The molecule has 0 bridgehead atoms. The highest BCUT2D eigenvalue weighted by atomic mass is 15.0. The van der Waals surface area contributed by atoms with Crippen LogP contribution < -0.4 is 0 Å².